The van der Waals surface area contributed by atoms with Crippen molar-refractivity contribution in [1.82, 2.24) is 14.9 Å². The van der Waals surface area contributed by atoms with Crippen LogP contribution in [0, 0.1) is 0 Å². The molecule has 4 N–H and O–H groups in total. The van der Waals surface area contributed by atoms with Crippen LogP contribution in [0.5, 0.6) is 0 Å². The highest BCUT2D eigenvalue weighted by molar-refractivity contribution is 7.73. The Hall–Kier alpha value is -2.92. The van der Waals surface area contributed by atoms with Gasteiger partial charge in [0.2, 0.25) is 5.95 Å². The standard InChI is InChI=1S/C20H27N7O3S/c1-13(31(29)30)26-8-10-27(11-9-26)16-6-4-15(5-7-16)24-20-22-12-17(18(21)28)19(25-20)23-14-2-3-14/h4-7,12-14,31H,2-3,8-11H2,1H3,(H2,21,28)(H2,22,23,24,25). The van der Waals surface area contributed by atoms with E-state index in [2.05, 4.69) is 25.5 Å². The van der Waals surface area contributed by atoms with Crippen LogP contribution in [-0.4, -0.2) is 66.8 Å². The lowest BCUT2D eigenvalue weighted by Gasteiger charge is -2.37. The predicted molar refractivity (Wildman–Crippen MR) is 120 cm³/mol. The van der Waals surface area contributed by atoms with E-state index in [0.29, 0.717) is 30.9 Å². The summed E-state index contributed by atoms with van der Waals surface area (Å²) in [6, 6.07) is 8.24. The number of carbonyl (C=O) groups excluding carboxylic acids is 1. The van der Waals surface area contributed by atoms with Crippen LogP contribution in [0.25, 0.3) is 0 Å². The molecule has 1 atom stereocenters. The number of carbonyl (C=O) groups is 1. The van der Waals surface area contributed by atoms with Crippen molar-refractivity contribution in [1.29, 1.82) is 0 Å². The summed E-state index contributed by atoms with van der Waals surface area (Å²) < 4.78 is 22.4. The molecule has 11 heteroatoms. The number of benzene rings is 1. The van der Waals surface area contributed by atoms with Crippen molar-refractivity contribution in [2.45, 2.75) is 31.2 Å². The number of amides is 1. The maximum absolute atomic E-state index is 11.6. The number of hydrogen-bond acceptors (Lipinski definition) is 9. The highest BCUT2D eigenvalue weighted by Gasteiger charge is 2.25. The zero-order chi connectivity index (χ0) is 22.0. The van der Waals surface area contributed by atoms with Crippen LogP contribution in [-0.2, 0) is 10.7 Å². The molecule has 166 valence electrons. The number of primary amides is 1. The van der Waals surface area contributed by atoms with Crippen molar-refractivity contribution < 1.29 is 13.2 Å². The molecule has 31 heavy (non-hydrogen) atoms. The van der Waals surface area contributed by atoms with E-state index in [1.807, 2.05) is 29.2 Å². The number of thiol groups is 1. The largest absolute Gasteiger partial charge is 0.369 e. The molecule has 1 aromatic carbocycles. The first-order chi connectivity index (χ1) is 14.9. The van der Waals surface area contributed by atoms with Crippen molar-refractivity contribution >= 4 is 39.8 Å². The van der Waals surface area contributed by atoms with Crippen LogP contribution >= 0.6 is 0 Å². The molecule has 2 fully saturated rings. The lowest BCUT2D eigenvalue weighted by atomic mass is 10.2. The lowest BCUT2D eigenvalue weighted by molar-refractivity contribution is 0.100. The van der Waals surface area contributed by atoms with Crippen molar-refractivity contribution in [3.8, 4) is 0 Å². The van der Waals surface area contributed by atoms with Gasteiger partial charge < -0.3 is 21.3 Å². The number of nitrogens with two attached hydrogens (primary N) is 1. The fourth-order valence-electron chi connectivity index (χ4n) is 3.53. The Labute approximate surface area is 182 Å². The van der Waals surface area contributed by atoms with Crippen LogP contribution in [0.4, 0.5) is 23.1 Å². The summed E-state index contributed by atoms with van der Waals surface area (Å²) in [6.07, 6.45) is 3.54. The van der Waals surface area contributed by atoms with E-state index >= 15 is 0 Å². The van der Waals surface area contributed by atoms with Crippen molar-refractivity contribution in [3.05, 3.63) is 36.0 Å². The second kappa shape index (κ2) is 9.06. The Kier molecular flexibility index (Phi) is 6.23. The summed E-state index contributed by atoms with van der Waals surface area (Å²) in [4.78, 5) is 24.5. The smallest absolute Gasteiger partial charge is 0.254 e. The minimum Gasteiger partial charge on any atom is -0.369 e. The highest BCUT2D eigenvalue weighted by atomic mass is 32.2. The average molecular weight is 446 g/mol. The normalized spacial score (nSPS) is 18.1. The summed E-state index contributed by atoms with van der Waals surface area (Å²) >= 11 is 0. The molecule has 0 bridgehead atoms. The first-order valence-electron chi connectivity index (χ1n) is 10.3. The molecule has 0 radical (unpaired) electrons. The fraction of sp³-hybridized carbons (Fsp3) is 0.450. The number of piperazine rings is 1. The third-order valence-corrected chi connectivity index (χ3v) is 6.55. The quantitative estimate of drug-likeness (QED) is 0.439. The van der Waals surface area contributed by atoms with E-state index in [0.717, 1.165) is 37.3 Å². The molecule has 1 saturated heterocycles. The van der Waals surface area contributed by atoms with Crippen LogP contribution < -0.4 is 21.3 Å². The predicted octanol–water partition coefficient (Wildman–Crippen LogP) is 0.973. The Morgan fingerprint density at radius 3 is 2.42 bits per heavy atom. The van der Waals surface area contributed by atoms with Gasteiger partial charge in [0.15, 0.2) is 10.7 Å². The van der Waals surface area contributed by atoms with Gasteiger partial charge in [-0.05, 0) is 44.0 Å². The third kappa shape index (κ3) is 5.23. The zero-order valence-electron chi connectivity index (χ0n) is 17.3. The number of nitrogens with zero attached hydrogens (tertiary/aromatic N) is 4. The minimum absolute atomic E-state index is 0.280. The van der Waals surface area contributed by atoms with Crippen LogP contribution in [0.2, 0.25) is 0 Å². The maximum Gasteiger partial charge on any atom is 0.254 e. The summed E-state index contributed by atoms with van der Waals surface area (Å²) in [7, 11) is -2.43. The van der Waals surface area contributed by atoms with E-state index < -0.39 is 22.0 Å². The molecule has 2 heterocycles. The van der Waals surface area contributed by atoms with E-state index in [1.54, 1.807) is 6.92 Å². The van der Waals surface area contributed by atoms with Gasteiger partial charge in [-0.3, -0.25) is 9.69 Å². The monoisotopic (exact) mass is 445 g/mol. The minimum atomic E-state index is -2.43. The third-order valence-electron chi connectivity index (χ3n) is 5.61. The van der Waals surface area contributed by atoms with E-state index in [4.69, 9.17) is 5.73 Å². The SMILES string of the molecule is CC(N1CCN(c2ccc(Nc3ncc(C(N)=O)c(NC4CC4)n3)cc2)CC1)[SH](=O)=O. The van der Waals surface area contributed by atoms with Gasteiger partial charge in [-0.1, -0.05) is 0 Å². The molecular weight excluding hydrogens is 418 g/mol. The lowest BCUT2D eigenvalue weighted by Crippen LogP contribution is -2.50. The van der Waals surface area contributed by atoms with Gasteiger partial charge in [0.25, 0.3) is 5.91 Å². The fourth-order valence-corrected chi connectivity index (χ4v) is 4.02. The summed E-state index contributed by atoms with van der Waals surface area (Å²) in [6.45, 7) is 4.69. The topological polar surface area (TPSA) is 134 Å². The maximum atomic E-state index is 11.6. The number of hydrogen-bond donors (Lipinski definition) is 4. The van der Waals surface area contributed by atoms with Crippen LogP contribution in [0.15, 0.2) is 30.5 Å². The number of nitrogens with one attached hydrogen (secondary N) is 2. The molecule has 1 aliphatic carbocycles. The van der Waals surface area contributed by atoms with E-state index in [1.165, 1.54) is 6.20 Å². The van der Waals surface area contributed by atoms with Gasteiger partial charge in [0, 0.05) is 49.8 Å². The molecule has 2 aliphatic rings. The van der Waals surface area contributed by atoms with Gasteiger partial charge in [-0.25, -0.2) is 13.4 Å². The number of aromatic nitrogens is 2. The van der Waals surface area contributed by atoms with Crippen molar-refractivity contribution in [3.63, 3.8) is 0 Å². The molecule has 1 aliphatic heterocycles. The molecular formula is C20H27N7O3S. The molecule has 1 unspecified atom stereocenters. The highest BCUT2D eigenvalue weighted by Crippen LogP contribution is 2.27. The molecule has 0 spiro atoms. The Balaban J connectivity index is 1.39. The Morgan fingerprint density at radius 2 is 1.84 bits per heavy atom. The van der Waals surface area contributed by atoms with Crippen molar-refractivity contribution in [2.24, 2.45) is 5.73 Å². The van der Waals surface area contributed by atoms with Gasteiger partial charge in [0.05, 0.1) is 5.56 Å². The van der Waals surface area contributed by atoms with Gasteiger partial charge >= 0.3 is 0 Å². The van der Waals surface area contributed by atoms with Crippen molar-refractivity contribution in [2.75, 3.05) is 41.7 Å². The summed E-state index contributed by atoms with van der Waals surface area (Å²) in [5, 5.41) is 5.96. The molecule has 1 aromatic heterocycles. The number of rotatable bonds is 8. The van der Waals surface area contributed by atoms with Gasteiger partial charge in [-0.2, -0.15) is 4.98 Å². The molecule has 10 nitrogen and oxygen atoms in total. The van der Waals surface area contributed by atoms with Crippen LogP contribution in [0.3, 0.4) is 0 Å². The first kappa shape index (κ1) is 21.3. The van der Waals surface area contributed by atoms with E-state index in [9.17, 15) is 13.2 Å². The summed E-state index contributed by atoms with van der Waals surface area (Å²) in [5.74, 6) is 0.280. The Morgan fingerprint density at radius 1 is 1.16 bits per heavy atom. The van der Waals surface area contributed by atoms with Crippen LogP contribution in [0.1, 0.15) is 30.1 Å². The summed E-state index contributed by atoms with van der Waals surface area (Å²) in [5.41, 5.74) is 7.60. The van der Waals surface area contributed by atoms with E-state index in [-0.39, 0.29) is 5.56 Å². The molecule has 1 amide bonds. The zero-order valence-corrected chi connectivity index (χ0v) is 18.2. The molecule has 2 aromatic rings. The number of anilines is 4. The second-order valence-corrected chi connectivity index (χ2v) is 9.17. The molecule has 4 rings (SSSR count). The van der Waals surface area contributed by atoms with Gasteiger partial charge in [-0.15, -0.1) is 0 Å². The molecule has 1 saturated carbocycles. The van der Waals surface area contributed by atoms with Gasteiger partial charge in [0.1, 0.15) is 11.2 Å². The average Bonchev–Trinajstić information content (AvgIpc) is 3.58. The Bertz CT molecular complexity index is 1010. The second-order valence-electron chi connectivity index (χ2n) is 7.85. The first-order valence-corrected chi connectivity index (χ1v) is 11.6.